The molecule has 1 atom stereocenters. The molecule has 7 heteroatoms. The van der Waals surface area contributed by atoms with Crippen molar-refractivity contribution in [2.24, 2.45) is 0 Å². The summed E-state index contributed by atoms with van der Waals surface area (Å²) in [4.78, 5) is 22.1. The summed E-state index contributed by atoms with van der Waals surface area (Å²) in [6.45, 7) is 7.13. The number of hydrogen-bond donors (Lipinski definition) is 0. The minimum absolute atomic E-state index is 0.0238. The maximum atomic E-state index is 12.5. The van der Waals surface area contributed by atoms with Crippen LogP contribution in [0.5, 0.6) is 0 Å². The van der Waals surface area contributed by atoms with Gasteiger partial charge < -0.3 is 9.42 Å². The molecule has 1 fully saturated rings. The first kappa shape index (κ1) is 17.9. The number of benzene rings is 1. The number of aromatic nitrogens is 2. The highest BCUT2D eigenvalue weighted by molar-refractivity contribution is 7.12. The molecule has 1 aliphatic rings. The van der Waals surface area contributed by atoms with E-state index in [1.54, 1.807) is 0 Å². The molecule has 2 aromatic heterocycles. The van der Waals surface area contributed by atoms with Crippen LogP contribution in [0.3, 0.4) is 0 Å². The lowest BCUT2D eigenvalue weighted by Gasteiger charge is -2.36. The molecule has 0 saturated carbocycles. The fourth-order valence-electron chi connectivity index (χ4n) is 3.25. The zero-order chi connectivity index (χ0) is 18.8. The van der Waals surface area contributed by atoms with Gasteiger partial charge >= 0.3 is 0 Å². The van der Waals surface area contributed by atoms with Gasteiger partial charge in [-0.3, -0.25) is 9.69 Å². The normalized spacial score (nSPS) is 16.4. The van der Waals surface area contributed by atoms with E-state index in [-0.39, 0.29) is 11.9 Å². The topological polar surface area (TPSA) is 62.5 Å². The summed E-state index contributed by atoms with van der Waals surface area (Å²) in [5, 5.41) is 6.07. The van der Waals surface area contributed by atoms with Crippen molar-refractivity contribution in [3.05, 3.63) is 58.1 Å². The van der Waals surface area contributed by atoms with Crippen LogP contribution in [0.2, 0.25) is 0 Å². The number of carbonyl (C=O) groups is 1. The van der Waals surface area contributed by atoms with Gasteiger partial charge in [0.05, 0.1) is 10.9 Å². The Morgan fingerprint density at radius 3 is 2.56 bits per heavy atom. The zero-order valence-corrected chi connectivity index (χ0v) is 16.3. The molecule has 1 amide bonds. The van der Waals surface area contributed by atoms with Gasteiger partial charge in [0.25, 0.3) is 5.91 Å². The van der Waals surface area contributed by atoms with E-state index in [4.69, 9.17) is 4.52 Å². The largest absolute Gasteiger partial charge is 0.337 e. The Morgan fingerprint density at radius 2 is 1.89 bits per heavy atom. The number of nitrogens with zero attached hydrogens (tertiary/aromatic N) is 4. The van der Waals surface area contributed by atoms with E-state index in [0.717, 1.165) is 23.5 Å². The van der Waals surface area contributed by atoms with Crippen LogP contribution in [0.4, 0.5) is 0 Å². The Kier molecular flexibility index (Phi) is 5.05. The number of hydrogen-bond acceptors (Lipinski definition) is 6. The number of carbonyl (C=O) groups excluding carboxylic acids is 1. The molecular weight excluding hydrogens is 360 g/mol. The summed E-state index contributed by atoms with van der Waals surface area (Å²) >= 11 is 1.49. The van der Waals surface area contributed by atoms with Crippen molar-refractivity contribution in [3.8, 4) is 11.4 Å². The second kappa shape index (κ2) is 7.62. The van der Waals surface area contributed by atoms with Crippen molar-refractivity contribution in [2.75, 3.05) is 26.2 Å². The molecule has 0 bridgehead atoms. The van der Waals surface area contributed by atoms with Gasteiger partial charge in [-0.1, -0.05) is 41.1 Å². The lowest BCUT2D eigenvalue weighted by atomic mass is 10.1. The smallest absolute Gasteiger partial charge is 0.264 e. The number of thiophene rings is 1. The Labute approximate surface area is 162 Å². The predicted molar refractivity (Wildman–Crippen MR) is 105 cm³/mol. The fraction of sp³-hybridized carbons (Fsp3) is 0.350. The average Bonchev–Trinajstić information content (AvgIpc) is 3.40. The molecule has 1 aliphatic heterocycles. The molecule has 1 saturated heterocycles. The fourth-order valence-corrected chi connectivity index (χ4v) is 3.94. The van der Waals surface area contributed by atoms with E-state index in [0.29, 0.717) is 24.8 Å². The van der Waals surface area contributed by atoms with Crippen molar-refractivity contribution in [2.45, 2.75) is 19.9 Å². The van der Waals surface area contributed by atoms with Crippen LogP contribution < -0.4 is 0 Å². The second-order valence-corrected chi connectivity index (χ2v) is 7.75. The van der Waals surface area contributed by atoms with Crippen LogP contribution in [-0.2, 0) is 0 Å². The molecule has 0 radical (unpaired) electrons. The van der Waals surface area contributed by atoms with Crippen molar-refractivity contribution in [1.82, 2.24) is 19.9 Å². The van der Waals surface area contributed by atoms with Crippen molar-refractivity contribution >= 4 is 17.2 Å². The first-order valence-electron chi connectivity index (χ1n) is 9.09. The van der Waals surface area contributed by atoms with Crippen LogP contribution >= 0.6 is 11.3 Å². The Hall–Kier alpha value is -2.51. The van der Waals surface area contributed by atoms with Crippen molar-refractivity contribution in [3.63, 3.8) is 0 Å². The van der Waals surface area contributed by atoms with Crippen LogP contribution in [0.15, 0.2) is 46.3 Å². The third-order valence-electron chi connectivity index (χ3n) is 4.99. The Bertz CT molecular complexity index is 896. The zero-order valence-electron chi connectivity index (χ0n) is 15.5. The van der Waals surface area contributed by atoms with Crippen LogP contribution in [0.25, 0.3) is 11.4 Å². The molecule has 0 spiro atoms. The molecular formula is C20H22N4O2S. The molecule has 27 heavy (non-hydrogen) atoms. The van der Waals surface area contributed by atoms with Gasteiger partial charge in [0.15, 0.2) is 0 Å². The molecule has 0 aliphatic carbocycles. The lowest BCUT2D eigenvalue weighted by molar-refractivity contribution is 0.0556. The first-order valence-corrected chi connectivity index (χ1v) is 9.97. The number of aryl methyl sites for hydroxylation is 1. The van der Waals surface area contributed by atoms with E-state index in [1.165, 1.54) is 16.9 Å². The summed E-state index contributed by atoms with van der Waals surface area (Å²) < 4.78 is 5.52. The molecule has 1 aromatic carbocycles. The summed E-state index contributed by atoms with van der Waals surface area (Å²) in [5.41, 5.74) is 2.15. The highest BCUT2D eigenvalue weighted by atomic mass is 32.1. The minimum Gasteiger partial charge on any atom is -0.337 e. The van der Waals surface area contributed by atoms with Gasteiger partial charge in [0.2, 0.25) is 11.7 Å². The maximum Gasteiger partial charge on any atom is 0.264 e. The second-order valence-electron chi connectivity index (χ2n) is 6.80. The Morgan fingerprint density at radius 1 is 1.15 bits per heavy atom. The summed E-state index contributed by atoms with van der Waals surface area (Å²) in [6.07, 6.45) is 0. The third kappa shape index (κ3) is 3.79. The standard InChI is InChI=1S/C20H22N4O2S/c1-14-5-7-16(8-6-14)18-21-19(26-22-18)15(2)23-9-11-24(12-10-23)20(25)17-4-3-13-27-17/h3-8,13,15H,9-12H2,1-2H3/t15-/m0/s1. The van der Waals surface area contributed by atoms with Gasteiger partial charge in [-0.25, -0.2) is 0 Å². The monoisotopic (exact) mass is 382 g/mol. The highest BCUT2D eigenvalue weighted by Gasteiger charge is 2.28. The molecule has 4 rings (SSSR count). The van der Waals surface area contributed by atoms with E-state index in [2.05, 4.69) is 28.9 Å². The van der Waals surface area contributed by atoms with Gasteiger partial charge in [0.1, 0.15) is 0 Å². The summed E-state index contributed by atoms with van der Waals surface area (Å²) in [7, 11) is 0. The van der Waals surface area contributed by atoms with Gasteiger partial charge in [-0.05, 0) is 25.3 Å². The first-order chi connectivity index (χ1) is 13.1. The minimum atomic E-state index is 0.0238. The molecule has 0 unspecified atom stereocenters. The quantitative estimate of drug-likeness (QED) is 0.690. The highest BCUT2D eigenvalue weighted by Crippen LogP contribution is 2.24. The number of rotatable bonds is 4. The van der Waals surface area contributed by atoms with E-state index >= 15 is 0 Å². The summed E-state index contributed by atoms with van der Waals surface area (Å²) in [6, 6.07) is 11.9. The molecule has 3 heterocycles. The van der Waals surface area contributed by atoms with Crippen LogP contribution in [0, 0.1) is 6.92 Å². The van der Waals surface area contributed by atoms with Crippen molar-refractivity contribution in [1.29, 1.82) is 0 Å². The van der Waals surface area contributed by atoms with Crippen LogP contribution in [-0.4, -0.2) is 52.0 Å². The predicted octanol–water partition coefficient (Wildman–Crippen LogP) is 3.63. The van der Waals surface area contributed by atoms with Crippen molar-refractivity contribution < 1.29 is 9.32 Å². The van der Waals surface area contributed by atoms with Gasteiger partial charge in [-0.15, -0.1) is 11.3 Å². The maximum absolute atomic E-state index is 12.5. The average molecular weight is 382 g/mol. The SMILES string of the molecule is Cc1ccc(-c2noc([C@H](C)N3CCN(C(=O)c4cccs4)CC3)n2)cc1. The lowest BCUT2D eigenvalue weighted by Crippen LogP contribution is -2.49. The number of piperazine rings is 1. The number of amides is 1. The third-order valence-corrected chi connectivity index (χ3v) is 5.85. The van der Waals surface area contributed by atoms with Crippen LogP contribution in [0.1, 0.15) is 34.1 Å². The Balaban J connectivity index is 1.39. The molecule has 3 aromatic rings. The van der Waals surface area contributed by atoms with Gasteiger partial charge in [-0.2, -0.15) is 4.98 Å². The molecule has 6 nitrogen and oxygen atoms in total. The molecule has 140 valence electrons. The van der Waals surface area contributed by atoms with E-state index in [1.807, 2.05) is 46.7 Å². The van der Waals surface area contributed by atoms with E-state index < -0.39 is 0 Å². The van der Waals surface area contributed by atoms with E-state index in [9.17, 15) is 4.79 Å². The summed E-state index contributed by atoms with van der Waals surface area (Å²) in [5.74, 6) is 1.35. The molecule has 0 N–H and O–H groups in total. The van der Waals surface area contributed by atoms with Gasteiger partial charge in [0, 0.05) is 31.7 Å².